The summed E-state index contributed by atoms with van der Waals surface area (Å²) in [6, 6.07) is 3.83. The van der Waals surface area contributed by atoms with Gasteiger partial charge in [0.25, 0.3) is 0 Å². The first-order valence-corrected chi connectivity index (χ1v) is 7.01. The molecule has 0 saturated heterocycles. The Morgan fingerprint density at radius 2 is 2.44 bits per heavy atom. The Balaban J connectivity index is 2.01. The molecular formula is C13H15N3OS. The number of aromatic nitrogens is 2. The van der Waals surface area contributed by atoms with Crippen molar-refractivity contribution in [2.45, 2.75) is 19.8 Å². The number of hydrogen-bond acceptors (Lipinski definition) is 4. The van der Waals surface area contributed by atoms with Crippen molar-refractivity contribution in [3.8, 4) is 11.5 Å². The molecule has 94 valence electrons. The zero-order valence-electron chi connectivity index (χ0n) is 10.2. The van der Waals surface area contributed by atoms with Crippen molar-refractivity contribution in [3.63, 3.8) is 0 Å². The molecule has 0 aliphatic rings. The molecule has 0 atom stereocenters. The average Bonchev–Trinajstić information content (AvgIpc) is 3.05. The maximum atomic E-state index is 5.45. The SMILES string of the molecule is CCCCNc1c(-c2ccco2)nc2sccn12. The highest BCUT2D eigenvalue weighted by atomic mass is 32.1. The molecule has 5 heteroatoms. The highest BCUT2D eigenvalue weighted by Gasteiger charge is 2.16. The van der Waals surface area contributed by atoms with Gasteiger partial charge in [-0.1, -0.05) is 13.3 Å². The summed E-state index contributed by atoms with van der Waals surface area (Å²) < 4.78 is 7.54. The highest BCUT2D eigenvalue weighted by molar-refractivity contribution is 7.15. The molecule has 3 heterocycles. The van der Waals surface area contributed by atoms with Crippen LogP contribution in [0.5, 0.6) is 0 Å². The number of hydrogen-bond donors (Lipinski definition) is 1. The smallest absolute Gasteiger partial charge is 0.195 e. The van der Waals surface area contributed by atoms with Crippen molar-refractivity contribution in [3.05, 3.63) is 30.0 Å². The third kappa shape index (κ3) is 1.90. The summed E-state index contributed by atoms with van der Waals surface area (Å²) >= 11 is 1.63. The molecule has 0 unspecified atom stereocenters. The number of unbranched alkanes of at least 4 members (excludes halogenated alkanes) is 1. The molecule has 18 heavy (non-hydrogen) atoms. The predicted molar refractivity (Wildman–Crippen MR) is 74.2 cm³/mol. The molecule has 0 amide bonds. The van der Waals surface area contributed by atoms with Crippen LogP contribution in [0.25, 0.3) is 16.4 Å². The van der Waals surface area contributed by atoms with E-state index in [1.165, 1.54) is 6.42 Å². The van der Waals surface area contributed by atoms with E-state index in [0.29, 0.717) is 0 Å². The Kier molecular flexibility index (Phi) is 3.06. The summed E-state index contributed by atoms with van der Waals surface area (Å²) in [5.74, 6) is 1.83. The number of fused-ring (bicyclic) bond motifs is 1. The highest BCUT2D eigenvalue weighted by Crippen LogP contribution is 2.30. The number of nitrogens with one attached hydrogen (secondary N) is 1. The molecule has 0 fully saturated rings. The molecule has 3 rings (SSSR count). The standard InChI is InChI=1S/C13H15N3OS/c1-2-3-6-14-12-11(10-5-4-8-17-10)15-13-16(12)7-9-18-13/h4-5,7-9,14H,2-3,6H2,1H3. The fourth-order valence-corrected chi connectivity index (χ4v) is 2.64. The lowest BCUT2D eigenvalue weighted by Gasteiger charge is -2.05. The first-order chi connectivity index (χ1) is 8.90. The molecule has 0 spiro atoms. The number of nitrogens with zero attached hydrogens (tertiary/aromatic N) is 2. The molecule has 1 N–H and O–H groups in total. The van der Waals surface area contributed by atoms with E-state index in [9.17, 15) is 0 Å². The van der Waals surface area contributed by atoms with Crippen molar-refractivity contribution in [2.75, 3.05) is 11.9 Å². The molecule has 0 bridgehead atoms. The molecule has 4 nitrogen and oxygen atoms in total. The predicted octanol–water partition coefficient (Wildman–Crippen LogP) is 3.87. The van der Waals surface area contributed by atoms with Crippen LogP contribution in [-0.4, -0.2) is 15.9 Å². The second-order valence-electron chi connectivity index (χ2n) is 4.12. The Hall–Kier alpha value is -1.75. The van der Waals surface area contributed by atoms with Crippen LogP contribution in [0.3, 0.4) is 0 Å². The summed E-state index contributed by atoms with van der Waals surface area (Å²) in [7, 11) is 0. The lowest BCUT2D eigenvalue weighted by Crippen LogP contribution is -2.04. The van der Waals surface area contributed by atoms with Gasteiger partial charge in [0.15, 0.2) is 10.7 Å². The van der Waals surface area contributed by atoms with Gasteiger partial charge in [0, 0.05) is 18.1 Å². The lowest BCUT2D eigenvalue weighted by molar-refractivity contribution is 0.580. The molecule has 0 aliphatic carbocycles. The van der Waals surface area contributed by atoms with Gasteiger partial charge in [0.1, 0.15) is 11.5 Å². The molecule has 3 aromatic heterocycles. The van der Waals surface area contributed by atoms with E-state index >= 15 is 0 Å². The molecule has 0 saturated carbocycles. The summed E-state index contributed by atoms with van der Waals surface area (Å²) in [4.78, 5) is 5.61. The van der Waals surface area contributed by atoms with Crippen molar-refractivity contribution < 1.29 is 4.42 Å². The number of thiazole rings is 1. The summed E-state index contributed by atoms with van der Waals surface area (Å²) in [5.41, 5.74) is 0.892. The second kappa shape index (κ2) is 4.86. The number of rotatable bonds is 5. The van der Waals surface area contributed by atoms with E-state index in [2.05, 4.69) is 21.6 Å². The number of furan rings is 1. The average molecular weight is 261 g/mol. The van der Waals surface area contributed by atoms with Gasteiger partial charge in [-0.25, -0.2) is 4.98 Å². The molecule has 3 aromatic rings. The van der Waals surface area contributed by atoms with Gasteiger partial charge in [-0.3, -0.25) is 4.40 Å². The monoisotopic (exact) mass is 261 g/mol. The Morgan fingerprint density at radius 1 is 1.50 bits per heavy atom. The van der Waals surface area contributed by atoms with Gasteiger partial charge < -0.3 is 9.73 Å². The third-order valence-electron chi connectivity index (χ3n) is 2.84. The topological polar surface area (TPSA) is 42.5 Å². The van der Waals surface area contributed by atoms with Gasteiger partial charge in [0.05, 0.1) is 6.26 Å². The summed E-state index contributed by atoms with van der Waals surface area (Å²) in [6.07, 6.45) is 6.04. The fraction of sp³-hybridized carbons (Fsp3) is 0.308. The van der Waals surface area contributed by atoms with Gasteiger partial charge in [-0.05, 0) is 18.6 Å². The molecule has 0 radical (unpaired) electrons. The maximum Gasteiger partial charge on any atom is 0.195 e. The summed E-state index contributed by atoms with van der Waals surface area (Å²) in [6.45, 7) is 3.14. The van der Waals surface area contributed by atoms with E-state index < -0.39 is 0 Å². The first-order valence-electron chi connectivity index (χ1n) is 6.13. The van der Waals surface area contributed by atoms with Crippen molar-refractivity contribution >= 4 is 22.1 Å². The quantitative estimate of drug-likeness (QED) is 0.709. The zero-order chi connectivity index (χ0) is 12.4. The fourth-order valence-electron chi connectivity index (χ4n) is 1.92. The van der Waals surface area contributed by atoms with Gasteiger partial charge >= 0.3 is 0 Å². The van der Waals surface area contributed by atoms with Crippen LogP contribution in [0.2, 0.25) is 0 Å². The van der Waals surface area contributed by atoms with E-state index in [-0.39, 0.29) is 0 Å². The third-order valence-corrected chi connectivity index (χ3v) is 3.60. The lowest BCUT2D eigenvalue weighted by atomic mass is 10.3. The minimum Gasteiger partial charge on any atom is -0.463 e. The zero-order valence-corrected chi connectivity index (χ0v) is 11.0. The summed E-state index contributed by atoms with van der Waals surface area (Å²) in [5, 5.41) is 5.50. The number of anilines is 1. The van der Waals surface area contributed by atoms with E-state index in [4.69, 9.17) is 4.42 Å². The van der Waals surface area contributed by atoms with Crippen molar-refractivity contribution in [1.82, 2.24) is 9.38 Å². The van der Waals surface area contributed by atoms with E-state index in [1.54, 1.807) is 17.6 Å². The van der Waals surface area contributed by atoms with E-state index in [1.807, 2.05) is 23.7 Å². The van der Waals surface area contributed by atoms with Gasteiger partial charge in [-0.2, -0.15) is 0 Å². The maximum absolute atomic E-state index is 5.45. The molecule has 0 aliphatic heterocycles. The Morgan fingerprint density at radius 3 is 3.22 bits per heavy atom. The van der Waals surface area contributed by atoms with Crippen LogP contribution < -0.4 is 5.32 Å². The number of imidazole rings is 1. The van der Waals surface area contributed by atoms with Crippen LogP contribution in [0, 0.1) is 0 Å². The Labute approximate surface area is 109 Å². The van der Waals surface area contributed by atoms with Crippen LogP contribution in [0.4, 0.5) is 5.82 Å². The normalized spacial score (nSPS) is 11.2. The largest absolute Gasteiger partial charge is 0.463 e. The van der Waals surface area contributed by atoms with Crippen LogP contribution in [0.1, 0.15) is 19.8 Å². The minimum atomic E-state index is 0.810. The van der Waals surface area contributed by atoms with E-state index in [0.717, 1.165) is 35.2 Å². The van der Waals surface area contributed by atoms with Gasteiger partial charge in [-0.15, -0.1) is 11.3 Å². The Bertz CT molecular complexity index is 624. The second-order valence-corrected chi connectivity index (χ2v) is 5.00. The van der Waals surface area contributed by atoms with Crippen molar-refractivity contribution in [1.29, 1.82) is 0 Å². The molecule has 0 aromatic carbocycles. The van der Waals surface area contributed by atoms with Gasteiger partial charge in [0.2, 0.25) is 0 Å². The van der Waals surface area contributed by atoms with Crippen LogP contribution >= 0.6 is 11.3 Å². The minimum absolute atomic E-state index is 0.810. The molecular weight excluding hydrogens is 246 g/mol. The van der Waals surface area contributed by atoms with Crippen molar-refractivity contribution in [2.24, 2.45) is 0 Å². The van der Waals surface area contributed by atoms with Crippen LogP contribution in [-0.2, 0) is 0 Å². The van der Waals surface area contributed by atoms with Crippen LogP contribution in [0.15, 0.2) is 34.4 Å². The first kappa shape index (κ1) is 11.3.